The lowest BCUT2D eigenvalue weighted by atomic mass is 10.2. The van der Waals surface area contributed by atoms with Crippen LogP contribution in [-0.4, -0.2) is 50.6 Å². The SMILES string of the molecule is COc1ccccc1N1CCN(CC(=O)Nc2cc(Cl)ccc2F)CC1. The molecule has 2 aromatic carbocycles. The average Bonchev–Trinajstić information content (AvgIpc) is 2.65. The number of methoxy groups -OCH3 is 1. The van der Waals surface area contributed by atoms with E-state index in [1.807, 2.05) is 29.2 Å². The van der Waals surface area contributed by atoms with Crippen LogP contribution in [0.25, 0.3) is 0 Å². The number of anilines is 2. The number of amides is 1. The molecule has 0 spiro atoms. The third-order valence-corrected chi connectivity index (χ3v) is 4.60. The van der Waals surface area contributed by atoms with Gasteiger partial charge in [0, 0.05) is 31.2 Å². The van der Waals surface area contributed by atoms with Gasteiger partial charge < -0.3 is 15.0 Å². The number of carbonyl (C=O) groups excluding carboxylic acids is 1. The van der Waals surface area contributed by atoms with Gasteiger partial charge in [-0.25, -0.2) is 4.39 Å². The summed E-state index contributed by atoms with van der Waals surface area (Å²) in [5.41, 5.74) is 1.16. The molecule has 138 valence electrons. The smallest absolute Gasteiger partial charge is 0.238 e. The summed E-state index contributed by atoms with van der Waals surface area (Å²) >= 11 is 5.85. The van der Waals surface area contributed by atoms with Crippen LogP contribution in [0.15, 0.2) is 42.5 Å². The normalized spacial score (nSPS) is 15.0. The molecule has 0 aromatic heterocycles. The molecule has 1 amide bonds. The Morgan fingerprint density at radius 3 is 2.65 bits per heavy atom. The molecule has 1 heterocycles. The highest BCUT2D eigenvalue weighted by Gasteiger charge is 2.21. The monoisotopic (exact) mass is 377 g/mol. The molecular weight excluding hydrogens is 357 g/mol. The summed E-state index contributed by atoms with van der Waals surface area (Å²) in [5.74, 6) is 0.0933. The molecule has 2 aromatic rings. The fourth-order valence-electron chi connectivity index (χ4n) is 3.02. The predicted molar refractivity (Wildman–Crippen MR) is 102 cm³/mol. The summed E-state index contributed by atoms with van der Waals surface area (Å²) in [6.45, 7) is 3.27. The summed E-state index contributed by atoms with van der Waals surface area (Å²) in [6.07, 6.45) is 0. The van der Waals surface area contributed by atoms with Crippen LogP contribution in [0.3, 0.4) is 0 Å². The molecule has 0 atom stereocenters. The largest absolute Gasteiger partial charge is 0.495 e. The number of halogens is 2. The minimum atomic E-state index is -0.497. The Bertz CT molecular complexity index is 779. The van der Waals surface area contributed by atoms with E-state index in [-0.39, 0.29) is 18.1 Å². The van der Waals surface area contributed by atoms with Gasteiger partial charge in [0.15, 0.2) is 0 Å². The van der Waals surface area contributed by atoms with E-state index in [0.29, 0.717) is 5.02 Å². The highest BCUT2D eigenvalue weighted by atomic mass is 35.5. The average molecular weight is 378 g/mol. The number of nitrogens with one attached hydrogen (secondary N) is 1. The highest BCUT2D eigenvalue weighted by Crippen LogP contribution is 2.28. The van der Waals surface area contributed by atoms with Crippen LogP contribution in [0, 0.1) is 5.82 Å². The summed E-state index contributed by atoms with van der Waals surface area (Å²) < 4.78 is 19.1. The molecule has 1 aliphatic rings. The first-order chi connectivity index (χ1) is 12.6. The summed E-state index contributed by atoms with van der Waals surface area (Å²) in [7, 11) is 1.66. The van der Waals surface area contributed by atoms with E-state index in [0.717, 1.165) is 37.6 Å². The number of para-hydroxylation sites is 2. The maximum absolute atomic E-state index is 13.7. The molecule has 0 unspecified atom stereocenters. The number of hydrogen-bond donors (Lipinski definition) is 1. The number of rotatable bonds is 5. The zero-order chi connectivity index (χ0) is 18.5. The molecule has 1 N–H and O–H groups in total. The van der Waals surface area contributed by atoms with Crippen molar-refractivity contribution >= 4 is 28.9 Å². The minimum absolute atomic E-state index is 0.107. The van der Waals surface area contributed by atoms with E-state index >= 15 is 0 Å². The maximum Gasteiger partial charge on any atom is 0.238 e. The zero-order valence-corrected chi connectivity index (χ0v) is 15.3. The van der Waals surface area contributed by atoms with Crippen molar-refractivity contribution in [3.8, 4) is 5.75 Å². The molecule has 1 fully saturated rings. The first-order valence-electron chi connectivity index (χ1n) is 8.42. The predicted octanol–water partition coefficient (Wildman–Crippen LogP) is 3.25. The van der Waals surface area contributed by atoms with Crippen LogP contribution >= 0.6 is 11.6 Å². The molecule has 5 nitrogen and oxygen atoms in total. The van der Waals surface area contributed by atoms with Crippen molar-refractivity contribution in [2.24, 2.45) is 0 Å². The van der Waals surface area contributed by atoms with Gasteiger partial charge in [-0.05, 0) is 30.3 Å². The third-order valence-electron chi connectivity index (χ3n) is 4.37. The van der Waals surface area contributed by atoms with Crippen molar-refractivity contribution in [3.63, 3.8) is 0 Å². The molecule has 26 heavy (non-hydrogen) atoms. The Morgan fingerprint density at radius 2 is 1.92 bits per heavy atom. The minimum Gasteiger partial charge on any atom is -0.495 e. The number of carbonyl (C=O) groups is 1. The Kier molecular flexibility index (Phi) is 5.96. The number of ether oxygens (including phenoxy) is 1. The van der Waals surface area contributed by atoms with Gasteiger partial charge in [-0.3, -0.25) is 9.69 Å². The van der Waals surface area contributed by atoms with Crippen LogP contribution in [0.1, 0.15) is 0 Å². The van der Waals surface area contributed by atoms with Crippen LogP contribution in [-0.2, 0) is 4.79 Å². The highest BCUT2D eigenvalue weighted by molar-refractivity contribution is 6.30. The summed E-state index contributed by atoms with van der Waals surface area (Å²) in [6, 6.07) is 12.0. The van der Waals surface area contributed by atoms with E-state index in [2.05, 4.69) is 10.2 Å². The fourth-order valence-corrected chi connectivity index (χ4v) is 3.20. The van der Waals surface area contributed by atoms with E-state index in [1.165, 1.54) is 18.2 Å². The van der Waals surface area contributed by atoms with Crippen LogP contribution in [0.5, 0.6) is 5.75 Å². The van der Waals surface area contributed by atoms with Gasteiger partial charge in [0.1, 0.15) is 11.6 Å². The van der Waals surface area contributed by atoms with E-state index in [9.17, 15) is 9.18 Å². The summed E-state index contributed by atoms with van der Waals surface area (Å²) in [4.78, 5) is 16.5. The second-order valence-corrected chi connectivity index (χ2v) is 6.54. The molecule has 0 bridgehead atoms. The van der Waals surface area contributed by atoms with Crippen molar-refractivity contribution in [2.45, 2.75) is 0 Å². The van der Waals surface area contributed by atoms with E-state index in [4.69, 9.17) is 16.3 Å². The zero-order valence-electron chi connectivity index (χ0n) is 14.5. The van der Waals surface area contributed by atoms with E-state index in [1.54, 1.807) is 7.11 Å². The van der Waals surface area contributed by atoms with E-state index < -0.39 is 5.82 Å². The molecule has 0 saturated carbocycles. The topological polar surface area (TPSA) is 44.8 Å². The Morgan fingerprint density at radius 1 is 1.19 bits per heavy atom. The summed E-state index contributed by atoms with van der Waals surface area (Å²) in [5, 5.41) is 2.97. The molecule has 0 aliphatic carbocycles. The third kappa shape index (κ3) is 4.45. The lowest BCUT2D eigenvalue weighted by molar-refractivity contribution is -0.117. The lowest BCUT2D eigenvalue weighted by Crippen LogP contribution is -2.48. The number of benzene rings is 2. The van der Waals surface area contributed by atoms with Gasteiger partial charge in [0.05, 0.1) is 25.0 Å². The quantitative estimate of drug-likeness (QED) is 0.868. The first kappa shape index (κ1) is 18.5. The second kappa shape index (κ2) is 8.38. The van der Waals surface area contributed by atoms with Gasteiger partial charge in [0.2, 0.25) is 5.91 Å². The Hall–Kier alpha value is -2.31. The maximum atomic E-state index is 13.7. The van der Waals surface area contributed by atoms with Crippen LogP contribution in [0.4, 0.5) is 15.8 Å². The molecular formula is C19H21ClFN3O2. The molecule has 7 heteroatoms. The molecule has 1 aliphatic heterocycles. The Balaban J connectivity index is 1.54. The number of nitrogens with zero attached hydrogens (tertiary/aromatic N) is 2. The van der Waals surface area contributed by atoms with Crippen LogP contribution in [0.2, 0.25) is 5.02 Å². The van der Waals surface area contributed by atoms with Gasteiger partial charge in [-0.1, -0.05) is 23.7 Å². The second-order valence-electron chi connectivity index (χ2n) is 6.11. The molecule has 0 radical (unpaired) electrons. The molecule has 1 saturated heterocycles. The van der Waals surface area contributed by atoms with Gasteiger partial charge in [-0.2, -0.15) is 0 Å². The Labute approximate surface area is 157 Å². The standard InChI is InChI=1S/C19H21ClFN3O2/c1-26-18-5-3-2-4-17(18)24-10-8-23(9-11-24)13-19(25)22-16-12-14(20)6-7-15(16)21/h2-7,12H,8-11,13H2,1H3,(H,22,25). The fraction of sp³-hybridized carbons (Fsp3) is 0.316. The van der Waals surface area contributed by atoms with Crippen molar-refractivity contribution < 1.29 is 13.9 Å². The van der Waals surface area contributed by atoms with Crippen molar-refractivity contribution in [1.82, 2.24) is 4.90 Å². The number of hydrogen-bond acceptors (Lipinski definition) is 4. The van der Waals surface area contributed by atoms with Gasteiger partial charge in [-0.15, -0.1) is 0 Å². The van der Waals surface area contributed by atoms with Gasteiger partial charge in [0.25, 0.3) is 0 Å². The first-order valence-corrected chi connectivity index (χ1v) is 8.80. The van der Waals surface area contributed by atoms with Crippen molar-refractivity contribution in [2.75, 3.05) is 50.1 Å². The van der Waals surface area contributed by atoms with Crippen molar-refractivity contribution in [3.05, 3.63) is 53.3 Å². The van der Waals surface area contributed by atoms with Crippen LogP contribution < -0.4 is 15.0 Å². The molecule has 3 rings (SSSR count). The lowest BCUT2D eigenvalue weighted by Gasteiger charge is -2.36. The number of piperazine rings is 1. The van der Waals surface area contributed by atoms with Gasteiger partial charge >= 0.3 is 0 Å². The van der Waals surface area contributed by atoms with Crippen molar-refractivity contribution in [1.29, 1.82) is 0 Å².